The Labute approximate surface area is 201 Å². The number of fused-ring (bicyclic) bond motifs is 5. The molecule has 0 bridgehead atoms. The number of thiophene rings is 1. The van der Waals surface area contributed by atoms with E-state index in [2.05, 4.69) is 113 Å². The van der Waals surface area contributed by atoms with Gasteiger partial charge in [0.15, 0.2) is 0 Å². The summed E-state index contributed by atoms with van der Waals surface area (Å²) in [7, 11) is 0. The molecule has 2 nitrogen and oxygen atoms in total. The second-order valence-corrected chi connectivity index (χ2v) is 9.52. The summed E-state index contributed by atoms with van der Waals surface area (Å²) in [6.07, 6.45) is 1.85. The maximum Gasteiger partial charge on any atom is 0.0702 e. The predicted molar refractivity (Wildman–Crippen MR) is 145 cm³/mol. The first-order chi connectivity index (χ1) is 16.9. The lowest BCUT2D eigenvalue weighted by molar-refractivity contribution is 1.18. The van der Waals surface area contributed by atoms with E-state index in [0.29, 0.717) is 0 Å². The summed E-state index contributed by atoms with van der Waals surface area (Å²) in [4.78, 5) is 5.86. The molecule has 3 heterocycles. The topological polar surface area (TPSA) is 17.8 Å². The highest BCUT2D eigenvalue weighted by Crippen LogP contribution is 2.42. The number of nitrogens with zero attached hydrogens (tertiary/aromatic N) is 2. The molecule has 0 aliphatic carbocycles. The molecule has 160 valence electrons. The van der Waals surface area contributed by atoms with Gasteiger partial charge in [-0.1, -0.05) is 72.8 Å². The van der Waals surface area contributed by atoms with Gasteiger partial charge in [0.05, 0.1) is 16.7 Å². The third-order valence-electron chi connectivity index (χ3n) is 6.44. The Bertz CT molecular complexity index is 1790. The highest BCUT2D eigenvalue weighted by Gasteiger charge is 2.17. The number of pyridine rings is 1. The quantitative estimate of drug-likeness (QED) is 0.262. The Morgan fingerprint density at radius 1 is 0.618 bits per heavy atom. The van der Waals surface area contributed by atoms with Gasteiger partial charge in [0.25, 0.3) is 0 Å². The van der Waals surface area contributed by atoms with Crippen LogP contribution in [0.3, 0.4) is 0 Å². The summed E-state index contributed by atoms with van der Waals surface area (Å²) in [5.41, 5.74) is 6.97. The lowest BCUT2D eigenvalue weighted by Crippen LogP contribution is -1.94. The van der Waals surface area contributed by atoms with Crippen molar-refractivity contribution in [2.24, 2.45) is 0 Å². The smallest absolute Gasteiger partial charge is 0.0702 e. The largest absolute Gasteiger partial charge is 0.309 e. The Morgan fingerprint density at radius 3 is 2.32 bits per heavy atom. The van der Waals surface area contributed by atoms with Crippen LogP contribution in [0.25, 0.3) is 59.3 Å². The zero-order valence-corrected chi connectivity index (χ0v) is 19.2. The molecule has 7 aromatic rings. The van der Waals surface area contributed by atoms with Gasteiger partial charge in [0, 0.05) is 37.8 Å². The minimum atomic E-state index is 0.985. The van der Waals surface area contributed by atoms with Gasteiger partial charge in [-0.25, -0.2) is 0 Å². The average molecular weight is 453 g/mol. The third kappa shape index (κ3) is 2.98. The molecule has 0 N–H and O–H groups in total. The number of para-hydroxylation sites is 1. The zero-order valence-electron chi connectivity index (χ0n) is 18.3. The first-order valence-electron chi connectivity index (χ1n) is 11.4. The number of rotatable bonds is 3. The molecule has 34 heavy (non-hydrogen) atoms. The Hall–Kier alpha value is -4.21. The molecule has 0 saturated heterocycles. The average Bonchev–Trinajstić information content (AvgIpc) is 3.49. The molecule has 0 aliphatic heterocycles. The van der Waals surface area contributed by atoms with Crippen LogP contribution >= 0.6 is 11.3 Å². The molecule has 0 fully saturated rings. The molecule has 0 unspecified atom stereocenters. The minimum absolute atomic E-state index is 0.985. The number of benzene rings is 4. The van der Waals surface area contributed by atoms with E-state index in [1.165, 1.54) is 42.3 Å². The standard InChI is InChI=1S/C31H20N2S/c1-2-9-21(10-3-1)29-20-23-16-17-28-30(31(23)34-29)25-13-4-5-15-27(25)33(28)24-12-8-11-22(19-24)26-14-6-7-18-32-26/h1-20H. The van der Waals surface area contributed by atoms with Crippen LogP contribution in [0, 0.1) is 0 Å². The van der Waals surface area contributed by atoms with Gasteiger partial charge in [-0.05, 0) is 53.4 Å². The van der Waals surface area contributed by atoms with Crippen LogP contribution in [0.1, 0.15) is 0 Å². The number of aromatic nitrogens is 2. The van der Waals surface area contributed by atoms with Crippen LogP contribution in [-0.2, 0) is 0 Å². The highest BCUT2D eigenvalue weighted by atomic mass is 32.1. The van der Waals surface area contributed by atoms with Crippen LogP contribution in [0.5, 0.6) is 0 Å². The van der Waals surface area contributed by atoms with Crippen molar-refractivity contribution >= 4 is 43.2 Å². The highest BCUT2D eigenvalue weighted by molar-refractivity contribution is 7.23. The van der Waals surface area contributed by atoms with E-state index in [4.69, 9.17) is 0 Å². The normalized spacial score (nSPS) is 11.5. The molecule has 0 spiro atoms. The molecule has 0 amide bonds. The van der Waals surface area contributed by atoms with Gasteiger partial charge >= 0.3 is 0 Å². The van der Waals surface area contributed by atoms with Gasteiger partial charge < -0.3 is 4.57 Å². The van der Waals surface area contributed by atoms with Crippen LogP contribution in [0.15, 0.2) is 121 Å². The molecule has 4 aromatic carbocycles. The van der Waals surface area contributed by atoms with Crippen LogP contribution in [-0.4, -0.2) is 9.55 Å². The van der Waals surface area contributed by atoms with Gasteiger partial charge in [0.1, 0.15) is 0 Å². The van der Waals surface area contributed by atoms with Crippen molar-refractivity contribution in [2.75, 3.05) is 0 Å². The van der Waals surface area contributed by atoms with E-state index in [9.17, 15) is 0 Å². The van der Waals surface area contributed by atoms with Crippen molar-refractivity contribution in [1.29, 1.82) is 0 Å². The van der Waals surface area contributed by atoms with E-state index >= 15 is 0 Å². The predicted octanol–water partition coefficient (Wildman–Crippen LogP) is 8.73. The maximum atomic E-state index is 4.56. The van der Waals surface area contributed by atoms with Gasteiger partial charge in [-0.15, -0.1) is 11.3 Å². The van der Waals surface area contributed by atoms with E-state index in [0.717, 1.165) is 16.9 Å². The molecule has 3 heteroatoms. The first-order valence-corrected chi connectivity index (χ1v) is 12.2. The van der Waals surface area contributed by atoms with Crippen molar-refractivity contribution in [1.82, 2.24) is 9.55 Å². The van der Waals surface area contributed by atoms with Crippen molar-refractivity contribution in [3.05, 3.63) is 121 Å². The molecular formula is C31H20N2S. The van der Waals surface area contributed by atoms with Crippen molar-refractivity contribution in [2.45, 2.75) is 0 Å². The molecule has 3 aromatic heterocycles. The first kappa shape index (κ1) is 19.3. The molecule has 0 aliphatic rings. The fourth-order valence-electron chi connectivity index (χ4n) is 4.91. The van der Waals surface area contributed by atoms with Gasteiger partial charge in [-0.2, -0.15) is 0 Å². The van der Waals surface area contributed by atoms with Gasteiger partial charge in [0.2, 0.25) is 0 Å². The zero-order chi connectivity index (χ0) is 22.5. The Morgan fingerprint density at radius 2 is 1.44 bits per heavy atom. The molecule has 0 atom stereocenters. The van der Waals surface area contributed by atoms with E-state index in [1.54, 1.807) is 0 Å². The minimum Gasteiger partial charge on any atom is -0.309 e. The lowest BCUT2D eigenvalue weighted by atomic mass is 10.1. The van der Waals surface area contributed by atoms with Gasteiger partial charge in [-0.3, -0.25) is 4.98 Å². The number of hydrogen-bond acceptors (Lipinski definition) is 2. The van der Waals surface area contributed by atoms with E-state index in [1.807, 2.05) is 29.7 Å². The molecule has 7 rings (SSSR count). The second-order valence-electron chi connectivity index (χ2n) is 8.47. The van der Waals surface area contributed by atoms with E-state index in [-0.39, 0.29) is 0 Å². The molecule has 0 radical (unpaired) electrons. The summed E-state index contributed by atoms with van der Waals surface area (Å²) in [5, 5.41) is 3.90. The Kier molecular flexibility index (Phi) is 4.36. The van der Waals surface area contributed by atoms with Crippen LogP contribution < -0.4 is 0 Å². The van der Waals surface area contributed by atoms with Crippen LogP contribution in [0.2, 0.25) is 0 Å². The Balaban J connectivity index is 1.52. The second kappa shape index (κ2) is 7.68. The van der Waals surface area contributed by atoms with E-state index < -0.39 is 0 Å². The van der Waals surface area contributed by atoms with Crippen LogP contribution in [0.4, 0.5) is 0 Å². The summed E-state index contributed by atoms with van der Waals surface area (Å²) in [5.74, 6) is 0. The summed E-state index contributed by atoms with van der Waals surface area (Å²) in [6.45, 7) is 0. The van der Waals surface area contributed by atoms with Crippen molar-refractivity contribution < 1.29 is 0 Å². The van der Waals surface area contributed by atoms with Crippen molar-refractivity contribution in [3.8, 4) is 27.4 Å². The summed E-state index contributed by atoms with van der Waals surface area (Å²) < 4.78 is 3.73. The lowest BCUT2D eigenvalue weighted by Gasteiger charge is -2.10. The molecular weight excluding hydrogens is 432 g/mol. The summed E-state index contributed by atoms with van der Waals surface area (Å²) >= 11 is 1.88. The number of hydrogen-bond donors (Lipinski definition) is 0. The SMILES string of the molecule is c1ccc(-c2cc3ccc4c(c5ccccc5n4-c4cccc(-c5ccccn5)c4)c3s2)cc1. The van der Waals surface area contributed by atoms with Crippen molar-refractivity contribution in [3.63, 3.8) is 0 Å². The summed E-state index contributed by atoms with van der Waals surface area (Å²) in [6, 6.07) is 41.0. The molecule has 0 saturated carbocycles. The maximum absolute atomic E-state index is 4.56. The fraction of sp³-hybridized carbons (Fsp3) is 0. The monoisotopic (exact) mass is 452 g/mol. The fourth-order valence-corrected chi connectivity index (χ4v) is 6.13. The third-order valence-corrected chi connectivity index (χ3v) is 7.66.